The van der Waals surface area contributed by atoms with Crippen LogP contribution in [0, 0.1) is 0 Å². The Hall–Kier alpha value is -1.38. The zero-order chi connectivity index (χ0) is 8.97. The summed E-state index contributed by atoms with van der Waals surface area (Å²) in [4.78, 5) is 14.5. The second-order valence-electron chi connectivity index (χ2n) is 2.49. The van der Waals surface area contributed by atoms with Crippen molar-refractivity contribution in [2.45, 2.75) is 19.8 Å². The van der Waals surface area contributed by atoms with E-state index in [1.54, 1.807) is 6.20 Å². The normalized spacial score (nSPS) is 16.4. The number of nitrogens with zero attached hydrogens (tertiary/aromatic N) is 1. The molecule has 0 amide bonds. The van der Waals surface area contributed by atoms with Gasteiger partial charge in [0, 0.05) is 6.20 Å². The number of allylic oxidation sites excluding steroid dienone is 2. The maximum absolute atomic E-state index is 10.7. The molecule has 1 N–H and O–H groups in total. The molecule has 0 saturated heterocycles. The lowest BCUT2D eigenvalue weighted by atomic mass is 10.1. The minimum Gasteiger partial charge on any atom is -0.477 e. The standard InChI is InChI=1S/C9H11NO2/c1-2-7-5-3-4-6-10-8(7)9(11)12/h4-6H,2-3H2,1H3,(H,11,12). The van der Waals surface area contributed by atoms with Gasteiger partial charge < -0.3 is 5.11 Å². The van der Waals surface area contributed by atoms with E-state index in [4.69, 9.17) is 5.11 Å². The Morgan fingerprint density at radius 3 is 3.08 bits per heavy atom. The van der Waals surface area contributed by atoms with Gasteiger partial charge in [-0.3, -0.25) is 0 Å². The monoisotopic (exact) mass is 165 g/mol. The summed E-state index contributed by atoms with van der Waals surface area (Å²) < 4.78 is 0. The third-order valence-corrected chi connectivity index (χ3v) is 1.70. The molecule has 0 aromatic heterocycles. The Bertz CT molecular complexity index is 274. The van der Waals surface area contributed by atoms with Crippen molar-refractivity contribution in [1.29, 1.82) is 0 Å². The number of aliphatic imine (C=N–C) groups is 1. The average molecular weight is 165 g/mol. The first-order valence-electron chi connectivity index (χ1n) is 3.91. The maximum Gasteiger partial charge on any atom is 0.354 e. The molecule has 3 nitrogen and oxygen atoms in total. The number of aliphatic carboxylic acids is 1. The lowest BCUT2D eigenvalue weighted by Crippen LogP contribution is -2.14. The van der Waals surface area contributed by atoms with Crippen LogP contribution in [0.4, 0.5) is 0 Å². The van der Waals surface area contributed by atoms with Crippen molar-refractivity contribution in [3.63, 3.8) is 0 Å². The minimum atomic E-state index is -0.949. The molecule has 1 aliphatic rings. The van der Waals surface area contributed by atoms with Crippen LogP contribution in [0.25, 0.3) is 0 Å². The number of hydrogen-bond donors (Lipinski definition) is 1. The molecule has 0 unspecified atom stereocenters. The molecule has 1 aliphatic heterocycles. The van der Waals surface area contributed by atoms with Crippen molar-refractivity contribution in [3.05, 3.63) is 23.9 Å². The van der Waals surface area contributed by atoms with Gasteiger partial charge in [-0.05, 0) is 18.4 Å². The summed E-state index contributed by atoms with van der Waals surface area (Å²) in [7, 11) is 0. The van der Waals surface area contributed by atoms with Gasteiger partial charge in [0.05, 0.1) is 0 Å². The number of rotatable bonds is 2. The zero-order valence-corrected chi connectivity index (χ0v) is 6.95. The highest BCUT2D eigenvalue weighted by molar-refractivity contribution is 6.42. The Balaban J connectivity index is 2.98. The molecule has 3 heteroatoms. The van der Waals surface area contributed by atoms with Crippen LogP contribution in [0.3, 0.4) is 0 Å². The molecule has 0 fully saturated rings. The lowest BCUT2D eigenvalue weighted by Gasteiger charge is -2.00. The molecule has 0 aliphatic carbocycles. The van der Waals surface area contributed by atoms with Gasteiger partial charge in [0.15, 0.2) is 5.71 Å². The predicted octanol–water partition coefficient (Wildman–Crippen LogP) is 1.77. The molecule has 0 saturated carbocycles. The van der Waals surface area contributed by atoms with E-state index in [9.17, 15) is 4.79 Å². The first-order valence-corrected chi connectivity index (χ1v) is 3.91. The average Bonchev–Trinajstić information content (AvgIpc) is 2.27. The molecular weight excluding hydrogens is 154 g/mol. The summed E-state index contributed by atoms with van der Waals surface area (Å²) >= 11 is 0. The van der Waals surface area contributed by atoms with E-state index in [1.807, 2.05) is 19.1 Å². The van der Waals surface area contributed by atoms with Crippen LogP contribution in [-0.4, -0.2) is 16.8 Å². The van der Waals surface area contributed by atoms with Crippen molar-refractivity contribution >= 4 is 11.7 Å². The fraction of sp³-hybridized carbons (Fsp3) is 0.333. The molecule has 0 bridgehead atoms. The SMILES string of the molecule is CCC1=CCC=CN=C1C(=O)O. The minimum absolute atomic E-state index is 0.172. The number of carboxylic acid groups (broad SMARTS) is 1. The van der Waals surface area contributed by atoms with Crippen LogP contribution in [0.2, 0.25) is 0 Å². The third kappa shape index (κ3) is 1.81. The van der Waals surface area contributed by atoms with Gasteiger partial charge in [-0.15, -0.1) is 0 Å². The van der Waals surface area contributed by atoms with Gasteiger partial charge in [-0.2, -0.15) is 0 Å². The summed E-state index contributed by atoms with van der Waals surface area (Å²) in [5.74, 6) is -0.949. The van der Waals surface area contributed by atoms with Gasteiger partial charge in [0.2, 0.25) is 0 Å². The van der Waals surface area contributed by atoms with E-state index < -0.39 is 5.97 Å². The first-order chi connectivity index (χ1) is 5.75. The number of carbonyl (C=O) groups is 1. The maximum atomic E-state index is 10.7. The summed E-state index contributed by atoms with van der Waals surface area (Å²) in [6.07, 6.45) is 6.76. The Kier molecular flexibility index (Phi) is 2.80. The largest absolute Gasteiger partial charge is 0.477 e. The highest BCUT2D eigenvalue weighted by Crippen LogP contribution is 2.09. The summed E-state index contributed by atoms with van der Waals surface area (Å²) in [5.41, 5.74) is 0.985. The van der Waals surface area contributed by atoms with Crippen LogP contribution in [0.15, 0.2) is 28.9 Å². The van der Waals surface area contributed by atoms with E-state index in [2.05, 4.69) is 4.99 Å². The second kappa shape index (κ2) is 3.85. The van der Waals surface area contributed by atoms with Gasteiger partial charge in [0.1, 0.15) is 0 Å². The fourth-order valence-electron chi connectivity index (χ4n) is 1.08. The van der Waals surface area contributed by atoms with E-state index in [-0.39, 0.29) is 5.71 Å². The molecule has 0 aromatic carbocycles. The van der Waals surface area contributed by atoms with Crippen LogP contribution >= 0.6 is 0 Å². The van der Waals surface area contributed by atoms with Gasteiger partial charge in [-0.25, -0.2) is 9.79 Å². The smallest absolute Gasteiger partial charge is 0.354 e. The molecule has 0 spiro atoms. The molecule has 0 atom stereocenters. The zero-order valence-electron chi connectivity index (χ0n) is 6.95. The first kappa shape index (κ1) is 8.71. The molecule has 0 aromatic rings. The Morgan fingerprint density at radius 2 is 2.50 bits per heavy atom. The van der Waals surface area contributed by atoms with Crippen molar-refractivity contribution in [3.8, 4) is 0 Å². The summed E-state index contributed by atoms with van der Waals surface area (Å²) in [6.45, 7) is 1.93. The van der Waals surface area contributed by atoms with Crippen molar-refractivity contribution in [2.75, 3.05) is 0 Å². The van der Waals surface area contributed by atoms with Crippen LogP contribution in [0.1, 0.15) is 19.8 Å². The highest BCUT2D eigenvalue weighted by Gasteiger charge is 2.13. The predicted molar refractivity (Wildman–Crippen MR) is 47.2 cm³/mol. The van der Waals surface area contributed by atoms with Crippen LogP contribution in [-0.2, 0) is 4.79 Å². The van der Waals surface area contributed by atoms with Gasteiger partial charge in [-0.1, -0.05) is 19.1 Å². The van der Waals surface area contributed by atoms with Gasteiger partial charge >= 0.3 is 5.97 Å². The molecule has 12 heavy (non-hydrogen) atoms. The highest BCUT2D eigenvalue weighted by atomic mass is 16.4. The molecule has 1 heterocycles. The van der Waals surface area contributed by atoms with Crippen molar-refractivity contribution in [1.82, 2.24) is 0 Å². The Morgan fingerprint density at radius 1 is 1.75 bits per heavy atom. The lowest BCUT2D eigenvalue weighted by molar-refractivity contribution is -0.129. The second-order valence-corrected chi connectivity index (χ2v) is 2.49. The van der Waals surface area contributed by atoms with Crippen molar-refractivity contribution in [2.24, 2.45) is 4.99 Å². The van der Waals surface area contributed by atoms with Crippen LogP contribution in [0.5, 0.6) is 0 Å². The summed E-state index contributed by atoms with van der Waals surface area (Å²) in [5, 5.41) is 8.76. The Labute approximate surface area is 71.1 Å². The molecule has 1 rings (SSSR count). The molecular formula is C9H11NO2. The summed E-state index contributed by atoms with van der Waals surface area (Å²) in [6, 6.07) is 0. The van der Waals surface area contributed by atoms with E-state index in [1.165, 1.54) is 0 Å². The van der Waals surface area contributed by atoms with E-state index in [0.717, 1.165) is 12.0 Å². The topological polar surface area (TPSA) is 49.7 Å². The van der Waals surface area contributed by atoms with Crippen LogP contribution < -0.4 is 0 Å². The van der Waals surface area contributed by atoms with E-state index >= 15 is 0 Å². The quantitative estimate of drug-likeness (QED) is 0.677. The number of hydrogen-bond acceptors (Lipinski definition) is 2. The van der Waals surface area contributed by atoms with E-state index in [0.29, 0.717) is 6.42 Å². The third-order valence-electron chi connectivity index (χ3n) is 1.70. The number of carboxylic acids is 1. The van der Waals surface area contributed by atoms with Crippen molar-refractivity contribution < 1.29 is 9.90 Å². The molecule has 64 valence electrons. The van der Waals surface area contributed by atoms with Gasteiger partial charge in [0.25, 0.3) is 0 Å². The molecule has 0 radical (unpaired) electrons. The fourth-order valence-corrected chi connectivity index (χ4v) is 1.08.